The van der Waals surface area contributed by atoms with E-state index in [1.54, 1.807) is 0 Å². The second-order valence-corrected chi connectivity index (χ2v) is 7.74. The summed E-state index contributed by atoms with van der Waals surface area (Å²) in [6.07, 6.45) is 10.2. The maximum atomic E-state index is 11.0. The van der Waals surface area contributed by atoms with Crippen molar-refractivity contribution in [3.63, 3.8) is 0 Å². The molecule has 1 aliphatic heterocycles. The first kappa shape index (κ1) is 20.4. The second kappa shape index (κ2) is 10.2. The molecule has 0 radical (unpaired) electrons. The summed E-state index contributed by atoms with van der Waals surface area (Å²) in [7, 11) is 0. The molecule has 1 aliphatic rings. The van der Waals surface area contributed by atoms with E-state index in [1.165, 1.54) is 55.4 Å². The number of amides is 1. The number of carbonyl (C=O) groups is 1. The van der Waals surface area contributed by atoms with Gasteiger partial charge in [0, 0.05) is 18.7 Å². The first-order chi connectivity index (χ1) is 13.7. The van der Waals surface area contributed by atoms with Crippen LogP contribution in [0.3, 0.4) is 0 Å². The van der Waals surface area contributed by atoms with Crippen molar-refractivity contribution in [2.75, 3.05) is 13.1 Å². The van der Waals surface area contributed by atoms with Crippen molar-refractivity contribution < 1.29 is 14.4 Å². The first-order valence-electron chi connectivity index (χ1n) is 10.6. The Morgan fingerprint density at radius 1 is 1.14 bits per heavy atom. The van der Waals surface area contributed by atoms with E-state index in [4.69, 9.17) is 9.63 Å². The molecular formula is C22H31N3O3. The Labute approximate surface area is 166 Å². The van der Waals surface area contributed by atoms with Crippen molar-refractivity contribution >= 4 is 6.09 Å². The molecule has 0 spiro atoms. The number of benzene rings is 1. The topological polar surface area (TPSA) is 79.5 Å². The van der Waals surface area contributed by atoms with E-state index < -0.39 is 6.09 Å². The minimum Gasteiger partial charge on any atom is -0.465 e. The third-order valence-corrected chi connectivity index (χ3v) is 5.53. The van der Waals surface area contributed by atoms with Crippen LogP contribution in [0.5, 0.6) is 0 Å². The number of unbranched alkanes of at least 4 members (excludes halogenated alkanes) is 6. The van der Waals surface area contributed by atoms with E-state index in [1.807, 2.05) is 12.1 Å². The lowest BCUT2D eigenvalue weighted by Gasteiger charge is -2.09. The molecule has 1 atom stereocenters. The zero-order chi connectivity index (χ0) is 19.8. The maximum Gasteiger partial charge on any atom is 0.407 e. The Morgan fingerprint density at radius 3 is 2.54 bits per heavy atom. The van der Waals surface area contributed by atoms with Gasteiger partial charge in [0.1, 0.15) is 0 Å². The molecule has 6 heteroatoms. The lowest BCUT2D eigenvalue weighted by atomic mass is 10.0. The second-order valence-electron chi connectivity index (χ2n) is 7.74. The number of carboxylic acid groups (broad SMARTS) is 1. The van der Waals surface area contributed by atoms with Gasteiger partial charge in [-0.3, -0.25) is 0 Å². The maximum absolute atomic E-state index is 11.0. The van der Waals surface area contributed by atoms with Crippen LogP contribution < -0.4 is 0 Å². The Kier molecular flexibility index (Phi) is 7.46. The lowest BCUT2D eigenvalue weighted by Crippen LogP contribution is -2.26. The summed E-state index contributed by atoms with van der Waals surface area (Å²) < 4.78 is 5.40. The monoisotopic (exact) mass is 385 g/mol. The molecule has 0 bridgehead atoms. The van der Waals surface area contributed by atoms with Crippen molar-refractivity contribution in [2.24, 2.45) is 0 Å². The molecule has 2 aromatic rings. The Bertz CT molecular complexity index is 742. The minimum atomic E-state index is -0.890. The van der Waals surface area contributed by atoms with Gasteiger partial charge >= 0.3 is 6.09 Å². The van der Waals surface area contributed by atoms with Crippen LogP contribution in [0.4, 0.5) is 4.79 Å². The third kappa shape index (κ3) is 5.57. The average molecular weight is 386 g/mol. The molecule has 1 amide bonds. The van der Waals surface area contributed by atoms with Crippen LogP contribution in [0.15, 0.2) is 28.8 Å². The molecule has 1 unspecified atom stereocenters. The summed E-state index contributed by atoms with van der Waals surface area (Å²) in [6.45, 7) is 3.19. The molecule has 28 heavy (non-hydrogen) atoms. The third-order valence-electron chi connectivity index (χ3n) is 5.53. The Balaban J connectivity index is 1.46. The number of likely N-dealkylation sites (tertiary alicyclic amines) is 1. The van der Waals surface area contributed by atoms with Gasteiger partial charge in [0.2, 0.25) is 11.7 Å². The number of aromatic nitrogens is 2. The standard InChI is InChI=1S/C22H31N3O3/c1-2-3-4-5-6-7-8-9-17-10-12-18(13-11-17)20-23-21(28-24-20)19-14-15-25(16-19)22(26)27/h10-13,19H,2-9,14-16H2,1H3,(H,26,27). The predicted molar refractivity (Wildman–Crippen MR) is 108 cm³/mol. The van der Waals surface area contributed by atoms with Crippen molar-refractivity contribution in [1.29, 1.82) is 0 Å². The molecule has 1 N–H and O–H groups in total. The van der Waals surface area contributed by atoms with Gasteiger partial charge in [-0.25, -0.2) is 4.79 Å². The Morgan fingerprint density at radius 2 is 1.86 bits per heavy atom. The van der Waals surface area contributed by atoms with E-state index >= 15 is 0 Å². The summed E-state index contributed by atoms with van der Waals surface area (Å²) in [4.78, 5) is 16.9. The minimum absolute atomic E-state index is 0.00560. The highest BCUT2D eigenvalue weighted by atomic mass is 16.5. The fourth-order valence-electron chi connectivity index (χ4n) is 3.76. The van der Waals surface area contributed by atoms with Gasteiger partial charge in [0.15, 0.2) is 0 Å². The van der Waals surface area contributed by atoms with Crippen LogP contribution in [0, 0.1) is 0 Å². The number of hydrogen-bond donors (Lipinski definition) is 1. The van der Waals surface area contributed by atoms with Crippen LogP contribution in [0.25, 0.3) is 11.4 Å². The van der Waals surface area contributed by atoms with Crippen molar-refractivity contribution in [2.45, 2.75) is 70.6 Å². The van der Waals surface area contributed by atoms with Gasteiger partial charge in [-0.15, -0.1) is 0 Å². The predicted octanol–water partition coefficient (Wildman–Crippen LogP) is 5.50. The largest absolute Gasteiger partial charge is 0.465 e. The highest BCUT2D eigenvalue weighted by Crippen LogP contribution is 2.28. The molecule has 1 fully saturated rings. The van der Waals surface area contributed by atoms with Gasteiger partial charge < -0.3 is 14.5 Å². The number of rotatable bonds is 10. The highest BCUT2D eigenvalue weighted by molar-refractivity contribution is 5.65. The molecular weight excluding hydrogens is 354 g/mol. The number of aryl methyl sites for hydroxylation is 1. The van der Waals surface area contributed by atoms with Crippen LogP contribution in [0.1, 0.15) is 75.7 Å². The zero-order valence-electron chi connectivity index (χ0n) is 16.8. The summed E-state index contributed by atoms with van der Waals surface area (Å²) >= 11 is 0. The molecule has 1 aromatic heterocycles. The number of hydrogen-bond acceptors (Lipinski definition) is 4. The molecule has 152 valence electrons. The normalized spacial score (nSPS) is 16.6. The molecule has 1 saturated heterocycles. The number of nitrogens with zero attached hydrogens (tertiary/aromatic N) is 3. The fraction of sp³-hybridized carbons (Fsp3) is 0.591. The van der Waals surface area contributed by atoms with E-state index in [9.17, 15) is 4.79 Å². The summed E-state index contributed by atoms with van der Waals surface area (Å²) in [5.74, 6) is 1.10. The van der Waals surface area contributed by atoms with Crippen molar-refractivity contribution in [3.8, 4) is 11.4 Å². The molecule has 2 heterocycles. The summed E-state index contributed by atoms with van der Waals surface area (Å²) in [5.41, 5.74) is 2.28. The van der Waals surface area contributed by atoms with Crippen LogP contribution >= 0.6 is 0 Å². The van der Waals surface area contributed by atoms with Gasteiger partial charge in [0.05, 0.1) is 5.92 Å². The zero-order valence-corrected chi connectivity index (χ0v) is 16.8. The summed E-state index contributed by atoms with van der Waals surface area (Å²) in [6, 6.07) is 8.38. The van der Waals surface area contributed by atoms with Crippen LogP contribution in [-0.4, -0.2) is 39.3 Å². The average Bonchev–Trinajstić information content (AvgIpc) is 3.37. The van der Waals surface area contributed by atoms with Gasteiger partial charge in [-0.2, -0.15) is 4.98 Å². The quantitative estimate of drug-likeness (QED) is 0.547. The van der Waals surface area contributed by atoms with Crippen LogP contribution in [0.2, 0.25) is 0 Å². The Hall–Kier alpha value is -2.37. The SMILES string of the molecule is CCCCCCCCCc1ccc(-c2noc(C3CCN(C(=O)O)C3)n2)cc1. The fourth-order valence-corrected chi connectivity index (χ4v) is 3.76. The smallest absolute Gasteiger partial charge is 0.407 e. The molecule has 1 aromatic carbocycles. The van der Waals surface area contributed by atoms with E-state index in [-0.39, 0.29) is 5.92 Å². The van der Waals surface area contributed by atoms with Crippen molar-refractivity contribution in [1.82, 2.24) is 15.0 Å². The highest BCUT2D eigenvalue weighted by Gasteiger charge is 2.31. The van der Waals surface area contributed by atoms with E-state index in [2.05, 4.69) is 29.2 Å². The van der Waals surface area contributed by atoms with E-state index in [0.29, 0.717) is 24.8 Å². The van der Waals surface area contributed by atoms with Gasteiger partial charge in [-0.1, -0.05) is 74.9 Å². The summed E-state index contributed by atoms with van der Waals surface area (Å²) in [5, 5.41) is 13.2. The first-order valence-corrected chi connectivity index (χ1v) is 10.6. The molecule has 6 nitrogen and oxygen atoms in total. The lowest BCUT2D eigenvalue weighted by molar-refractivity contribution is 0.154. The molecule has 0 saturated carbocycles. The van der Waals surface area contributed by atoms with Gasteiger partial charge in [-0.05, 0) is 24.8 Å². The molecule has 0 aliphatic carbocycles. The van der Waals surface area contributed by atoms with Crippen molar-refractivity contribution in [3.05, 3.63) is 35.7 Å². The van der Waals surface area contributed by atoms with E-state index in [0.717, 1.165) is 18.4 Å². The van der Waals surface area contributed by atoms with Crippen LogP contribution in [-0.2, 0) is 6.42 Å². The van der Waals surface area contributed by atoms with Gasteiger partial charge in [0.25, 0.3) is 0 Å². The molecule has 3 rings (SSSR count).